The third-order valence-electron chi connectivity index (χ3n) is 1.96. The molecule has 1 rings (SSSR count). The maximum atomic E-state index is 9.47. The Balaban J connectivity index is 2.35. The lowest BCUT2D eigenvalue weighted by Crippen LogP contribution is -2.40. The van der Waals surface area contributed by atoms with E-state index in [1.807, 2.05) is 0 Å². The largest absolute Gasteiger partial charge is 0.506 e. The van der Waals surface area contributed by atoms with Crippen LogP contribution in [-0.2, 0) is 6.54 Å². The number of hydrogen-bond acceptors (Lipinski definition) is 5. The van der Waals surface area contributed by atoms with Crippen LogP contribution in [0.15, 0.2) is 18.3 Å². The quantitative estimate of drug-likeness (QED) is 0.534. The van der Waals surface area contributed by atoms with Crippen molar-refractivity contribution in [2.45, 2.75) is 19.1 Å². The summed E-state index contributed by atoms with van der Waals surface area (Å²) in [7, 11) is 0. The van der Waals surface area contributed by atoms with E-state index in [-0.39, 0.29) is 18.9 Å². The molecule has 0 fully saturated rings. The van der Waals surface area contributed by atoms with Crippen molar-refractivity contribution >= 4 is 0 Å². The van der Waals surface area contributed by atoms with Crippen molar-refractivity contribution in [2.75, 3.05) is 13.2 Å². The van der Waals surface area contributed by atoms with E-state index in [0.717, 1.165) is 5.69 Å². The minimum Gasteiger partial charge on any atom is -0.506 e. The highest BCUT2D eigenvalue weighted by molar-refractivity contribution is 5.17. The van der Waals surface area contributed by atoms with Gasteiger partial charge < -0.3 is 20.6 Å². The van der Waals surface area contributed by atoms with Gasteiger partial charge in [-0.25, -0.2) is 0 Å². The minimum atomic E-state index is -1.11. The third-order valence-corrected chi connectivity index (χ3v) is 1.96. The smallest absolute Gasteiger partial charge is 0.133 e. The second kappa shape index (κ2) is 5.06. The molecular formula is C10H16N2O3. The molecule has 0 aliphatic rings. The number of rotatable bonds is 5. The van der Waals surface area contributed by atoms with Gasteiger partial charge in [-0.2, -0.15) is 0 Å². The summed E-state index contributed by atoms with van der Waals surface area (Å²) in [5, 5.41) is 30.2. The molecule has 5 nitrogen and oxygen atoms in total. The first-order valence-corrected chi connectivity index (χ1v) is 4.71. The molecule has 5 heteroatoms. The normalized spacial score (nSPS) is 14.9. The van der Waals surface area contributed by atoms with Gasteiger partial charge in [-0.1, -0.05) is 0 Å². The van der Waals surface area contributed by atoms with Crippen LogP contribution in [0.3, 0.4) is 0 Å². The van der Waals surface area contributed by atoms with Crippen LogP contribution < -0.4 is 5.32 Å². The van der Waals surface area contributed by atoms with Crippen LogP contribution >= 0.6 is 0 Å². The second-order valence-electron chi connectivity index (χ2n) is 3.77. The number of aromatic nitrogens is 1. The van der Waals surface area contributed by atoms with Gasteiger partial charge in [0.1, 0.15) is 5.75 Å². The van der Waals surface area contributed by atoms with Crippen LogP contribution in [0.25, 0.3) is 0 Å². The monoisotopic (exact) mass is 212 g/mol. The average Bonchev–Trinajstić information content (AvgIpc) is 2.21. The first kappa shape index (κ1) is 11.9. The molecule has 84 valence electrons. The van der Waals surface area contributed by atoms with E-state index in [2.05, 4.69) is 10.3 Å². The van der Waals surface area contributed by atoms with E-state index in [9.17, 15) is 5.11 Å². The van der Waals surface area contributed by atoms with Gasteiger partial charge in [0.05, 0.1) is 24.1 Å². The van der Waals surface area contributed by atoms with Crippen LogP contribution in [0.4, 0.5) is 0 Å². The van der Waals surface area contributed by atoms with Crippen LogP contribution in [0.1, 0.15) is 12.6 Å². The molecule has 0 radical (unpaired) electrons. The number of aliphatic hydroxyl groups is 2. The van der Waals surface area contributed by atoms with Crippen molar-refractivity contribution in [2.24, 2.45) is 0 Å². The summed E-state index contributed by atoms with van der Waals surface area (Å²) in [5.41, 5.74) is -0.349. The average molecular weight is 212 g/mol. The summed E-state index contributed by atoms with van der Waals surface area (Å²) < 4.78 is 0. The summed E-state index contributed by atoms with van der Waals surface area (Å²) in [6.07, 6.45) is 1.36. The van der Waals surface area contributed by atoms with E-state index >= 15 is 0 Å². The number of aromatic hydroxyl groups is 1. The Hall–Kier alpha value is -1.17. The van der Waals surface area contributed by atoms with E-state index in [0.29, 0.717) is 6.54 Å². The van der Waals surface area contributed by atoms with Crippen LogP contribution in [-0.4, -0.2) is 39.1 Å². The van der Waals surface area contributed by atoms with E-state index in [1.165, 1.54) is 6.20 Å². The van der Waals surface area contributed by atoms with Crippen LogP contribution in [0.2, 0.25) is 0 Å². The number of nitrogens with zero attached hydrogens (tertiary/aromatic N) is 1. The minimum absolute atomic E-state index is 0.126. The summed E-state index contributed by atoms with van der Waals surface area (Å²) in [4.78, 5) is 3.97. The molecule has 1 atom stereocenters. The summed E-state index contributed by atoms with van der Waals surface area (Å²) in [5.74, 6) is 0.126. The van der Waals surface area contributed by atoms with E-state index in [1.54, 1.807) is 19.1 Å². The van der Waals surface area contributed by atoms with E-state index < -0.39 is 5.60 Å². The van der Waals surface area contributed by atoms with Gasteiger partial charge >= 0.3 is 0 Å². The third kappa shape index (κ3) is 4.24. The zero-order valence-electron chi connectivity index (χ0n) is 8.64. The maximum Gasteiger partial charge on any atom is 0.133 e. The highest BCUT2D eigenvalue weighted by atomic mass is 16.3. The second-order valence-corrected chi connectivity index (χ2v) is 3.77. The Labute approximate surface area is 88.4 Å². The Morgan fingerprint density at radius 2 is 2.20 bits per heavy atom. The number of nitrogens with one attached hydrogen (secondary N) is 1. The predicted molar refractivity (Wildman–Crippen MR) is 55.3 cm³/mol. The van der Waals surface area contributed by atoms with Crippen molar-refractivity contribution in [1.29, 1.82) is 0 Å². The lowest BCUT2D eigenvalue weighted by atomic mass is 10.1. The van der Waals surface area contributed by atoms with Crippen LogP contribution in [0.5, 0.6) is 5.75 Å². The first-order chi connectivity index (χ1) is 7.03. The molecule has 0 saturated heterocycles. The van der Waals surface area contributed by atoms with Crippen molar-refractivity contribution in [3.05, 3.63) is 24.0 Å². The molecule has 0 saturated carbocycles. The van der Waals surface area contributed by atoms with Crippen molar-refractivity contribution in [1.82, 2.24) is 10.3 Å². The highest BCUT2D eigenvalue weighted by Crippen LogP contribution is 2.06. The molecule has 1 aromatic heterocycles. The van der Waals surface area contributed by atoms with Crippen LogP contribution in [0, 0.1) is 0 Å². The molecule has 0 aliphatic heterocycles. The Bertz CT molecular complexity index is 298. The summed E-state index contributed by atoms with van der Waals surface area (Å²) in [6, 6.07) is 3.24. The predicted octanol–water partition coefficient (Wildman–Crippen LogP) is -0.380. The molecule has 15 heavy (non-hydrogen) atoms. The standard InChI is InChI=1S/C10H16N2O3/c1-10(15,7-13)6-11-4-8-2-3-9(14)5-12-8/h2-3,5,11,13-15H,4,6-7H2,1H3. The molecule has 1 heterocycles. The van der Waals surface area contributed by atoms with Crippen molar-refractivity contribution in [3.8, 4) is 5.75 Å². The summed E-state index contributed by atoms with van der Waals surface area (Å²) >= 11 is 0. The first-order valence-electron chi connectivity index (χ1n) is 4.71. The van der Waals surface area contributed by atoms with Gasteiger partial charge in [-0.15, -0.1) is 0 Å². The zero-order valence-corrected chi connectivity index (χ0v) is 8.64. The topological polar surface area (TPSA) is 85.6 Å². The van der Waals surface area contributed by atoms with Gasteiger partial charge in [-0.05, 0) is 19.1 Å². The van der Waals surface area contributed by atoms with Crippen molar-refractivity contribution in [3.63, 3.8) is 0 Å². The number of hydrogen-bond donors (Lipinski definition) is 4. The molecule has 0 bridgehead atoms. The fourth-order valence-electron chi connectivity index (χ4n) is 1.04. The molecule has 4 N–H and O–H groups in total. The SMILES string of the molecule is CC(O)(CO)CNCc1ccc(O)cn1. The van der Waals surface area contributed by atoms with Gasteiger partial charge in [0.25, 0.3) is 0 Å². The molecular weight excluding hydrogens is 196 g/mol. The van der Waals surface area contributed by atoms with Gasteiger partial charge in [-0.3, -0.25) is 4.98 Å². The lowest BCUT2D eigenvalue weighted by molar-refractivity contribution is 0.00248. The van der Waals surface area contributed by atoms with Gasteiger partial charge in [0.15, 0.2) is 0 Å². The zero-order chi connectivity index (χ0) is 11.3. The Morgan fingerprint density at radius 1 is 1.47 bits per heavy atom. The van der Waals surface area contributed by atoms with E-state index in [4.69, 9.17) is 10.2 Å². The van der Waals surface area contributed by atoms with Gasteiger partial charge in [0, 0.05) is 13.1 Å². The lowest BCUT2D eigenvalue weighted by Gasteiger charge is -2.20. The maximum absolute atomic E-state index is 9.47. The summed E-state index contributed by atoms with van der Waals surface area (Å²) in [6.45, 7) is 2.02. The number of pyridine rings is 1. The number of aliphatic hydroxyl groups excluding tert-OH is 1. The Morgan fingerprint density at radius 3 is 2.73 bits per heavy atom. The molecule has 1 unspecified atom stereocenters. The van der Waals surface area contributed by atoms with Gasteiger partial charge in [0.2, 0.25) is 0 Å². The fourth-order valence-corrected chi connectivity index (χ4v) is 1.04. The highest BCUT2D eigenvalue weighted by Gasteiger charge is 2.17. The molecule has 0 aliphatic carbocycles. The molecule has 0 amide bonds. The molecule has 0 spiro atoms. The van der Waals surface area contributed by atoms with Crippen molar-refractivity contribution < 1.29 is 15.3 Å². The Kier molecular flexibility index (Phi) is 4.02. The molecule has 1 aromatic rings. The fraction of sp³-hybridized carbons (Fsp3) is 0.500. The molecule has 0 aromatic carbocycles.